The van der Waals surface area contributed by atoms with E-state index in [0.717, 1.165) is 15.6 Å². The first-order chi connectivity index (χ1) is 15.5. The average Bonchev–Trinajstić information content (AvgIpc) is 2.81. The van der Waals surface area contributed by atoms with Crippen LogP contribution < -0.4 is 14.5 Å². The Morgan fingerprint density at radius 3 is 2.31 bits per heavy atom. The Bertz CT molecular complexity index is 1160. The molecule has 0 aliphatic carbocycles. The van der Waals surface area contributed by atoms with Crippen LogP contribution in [0.1, 0.15) is 12.5 Å². The largest absolute Gasteiger partial charge is 0.495 e. The van der Waals surface area contributed by atoms with Gasteiger partial charge in [0.1, 0.15) is 18.3 Å². The molecule has 32 heavy (non-hydrogen) atoms. The molecule has 1 fully saturated rings. The Hall–Kier alpha value is -3.38. The van der Waals surface area contributed by atoms with Crippen molar-refractivity contribution in [1.82, 2.24) is 0 Å². The van der Waals surface area contributed by atoms with Crippen molar-refractivity contribution in [3.8, 4) is 5.75 Å². The van der Waals surface area contributed by atoms with Gasteiger partial charge in [0.05, 0.1) is 12.8 Å². The third-order valence-electron chi connectivity index (χ3n) is 5.43. The molecule has 0 spiro atoms. The molecular weight excluding hydrogens is 468 g/mol. The van der Waals surface area contributed by atoms with Gasteiger partial charge in [-0.05, 0) is 54.5 Å². The van der Waals surface area contributed by atoms with Crippen molar-refractivity contribution in [3.05, 3.63) is 94.5 Å². The van der Waals surface area contributed by atoms with Crippen LogP contribution in [0, 0.1) is 0 Å². The van der Waals surface area contributed by atoms with Crippen LogP contribution in [0.3, 0.4) is 0 Å². The smallest absolute Gasteiger partial charge is 0.255 e. The predicted octanol–water partition coefficient (Wildman–Crippen LogP) is 5.31. The van der Waals surface area contributed by atoms with Crippen LogP contribution in [0.15, 0.2) is 88.9 Å². The van der Waals surface area contributed by atoms with Gasteiger partial charge in [-0.2, -0.15) is 0 Å². The topological polar surface area (TPSA) is 49.9 Å². The third kappa shape index (κ3) is 4.32. The number of carbonyl (C=O) groups excluding carboxylic acids is 2. The van der Waals surface area contributed by atoms with Crippen molar-refractivity contribution in [3.63, 3.8) is 0 Å². The number of ether oxygens (including phenoxy) is 1. The zero-order chi connectivity index (χ0) is 22.7. The monoisotopic (exact) mass is 490 g/mol. The van der Waals surface area contributed by atoms with Gasteiger partial charge in [-0.1, -0.05) is 64.5 Å². The van der Waals surface area contributed by atoms with Gasteiger partial charge in [-0.3, -0.25) is 19.4 Å². The van der Waals surface area contributed by atoms with Crippen molar-refractivity contribution in [2.24, 2.45) is 0 Å². The fraction of sp³-hybridized carbons (Fsp3) is 0.154. The summed E-state index contributed by atoms with van der Waals surface area (Å²) in [5, 5.41) is 0. The summed E-state index contributed by atoms with van der Waals surface area (Å²) in [6.07, 6.45) is 1.95. The highest BCUT2D eigenvalue weighted by Crippen LogP contribution is 2.34. The number of methoxy groups -OCH3 is 1. The molecular formula is C26H23BrN2O3. The molecule has 1 aliphatic heterocycles. The second-order valence-corrected chi connectivity index (χ2v) is 8.45. The summed E-state index contributed by atoms with van der Waals surface area (Å²) in [6.45, 7) is 1.82. The zero-order valence-corrected chi connectivity index (χ0v) is 19.5. The lowest BCUT2D eigenvalue weighted by atomic mass is 9.98. The molecule has 1 heterocycles. The minimum absolute atomic E-state index is 0.0651. The SMILES string of the molecule is COc1ccccc1N1CC(=O)N(c2ccc(Br)cc2)[C@@H](/C(C)=C/c2ccccc2)C1=O. The van der Waals surface area contributed by atoms with Gasteiger partial charge in [-0.15, -0.1) is 0 Å². The third-order valence-corrected chi connectivity index (χ3v) is 5.95. The van der Waals surface area contributed by atoms with Gasteiger partial charge < -0.3 is 4.74 Å². The quantitative estimate of drug-likeness (QED) is 0.486. The summed E-state index contributed by atoms with van der Waals surface area (Å²) in [5.41, 5.74) is 3.01. The van der Waals surface area contributed by atoms with Gasteiger partial charge in [0, 0.05) is 10.2 Å². The van der Waals surface area contributed by atoms with E-state index in [-0.39, 0.29) is 18.4 Å². The molecule has 3 aromatic rings. The molecule has 0 N–H and O–H groups in total. The number of piperazine rings is 1. The van der Waals surface area contributed by atoms with E-state index in [1.54, 1.807) is 24.1 Å². The van der Waals surface area contributed by atoms with E-state index >= 15 is 0 Å². The van der Waals surface area contributed by atoms with Crippen molar-refractivity contribution >= 4 is 45.2 Å². The first-order valence-corrected chi connectivity index (χ1v) is 11.0. The molecule has 1 aliphatic rings. The number of para-hydroxylation sites is 2. The van der Waals surface area contributed by atoms with Crippen LogP contribution in [0.5, 0.6) is 5.75 Å². The number of hydrogen-bond acceptors (Lipinski definition) is 3. The number of halogens is 1. The van der Waals surface area contributed by atoms with E-state index in [1.165, 1.54) is 4.90 Å². The van der Waals surface area contributed by atoms with Gasteiger partial charge in [-0.25, -0.2) is 0 Å². The molecule has 0 aromatic heterocycles. The lowest BCUT2D eigenvalue weighted by Crippen LogP contribution is -2.61. The Kier molecular flexibility index (Phi) is 6.42. The van der Waals surface area contributed by atoms with E-state index in [0.29, 0.717) is 17.1 Å². The summed E-state index contributed by atoms with van der Waals surface area (Å²) < 4.78 is 6.36. The number of nitrogens with zero attached hydrogens (tertiary/aromatic N) is 2. The van der Waals surface area contributed by atoms with Gasteiger partial charge >= 0.3 is 0 Å². The summed E-state index contributed by atoms with van der Waals surface area (Å²) in [4.78, 5) is 30.4. The Balaban J connectivity index is 1.81. The summed E-state index contributed by atoms with van der Waals surface area (Å²) >= 11 is 3.44. The minimum Gasteiger partial charge on any atom is -0.495 e. The van der Waals surface area contributed by atoms with Crippen LogP contribution in [-0.2, 0) is 9.59 Å². The molecule has 0 radical (unpaired) electrons. The maximum Gasteiger partial charge on any atom is 0.255 e. The first kappa shape index (κ1) is 21.8. The normalized spacial score (nSPS) is 17.0. The summed E-state index contributed by atoms with van der Waals surface area (Å²) in [7, 11) is 1.56. The van der Waals surface area contributed by atoms with Crippen molar-refractivity contribution in [2.45, 2.75) is 13.0 Å². The fourth-order valence-electron chi connectivity index (χ4n) is 3.93. The van der Waals surface area contributed by atoms with Crippen LogP contribution in [-0.4, -0.2) is 31.5 Å². The Morgan fingerprint density at radius 1 is 0.969 bits per heavy atom. The number of benzene rings is 3. The van der Waals surface area contributed by atoms with Gasteiger partial charge in [0.2, 0.25) is 5.91 Å². The van der Waals surface area contributed by atoms with Crippen LogP contribution >= 0.6 is 15.9 Å². The molecule has 0 bridgehead atoms. The highest BCUT2D eigenvalue weighted by Gasteiger charge is 2.42. The molecule has 3 aromatic carbocycles. The standard InChI is InChI=1S/C26H23BrN2O3/c1-18(16-19-8-4-3-5-9-19)25-26(31)28(22-10-6-7-11-23(22)32-2)17-24(30)29(25)21-14-12-20(27)13-15-21/h3-16,25H,17H2,1-2H3/b18-16+/t25-/m0/s1. The second kappa shape index (κ2) is 9.40. The maximum atomic E-state index is 13.8. The number of carbonyl (C=O) groups is 2. The fourth-order valence-corrected chi connectivity index (χ4v) is 4.20. The summed E-state index contributed by atoms with van der Waals surface area (Å²) in [5.74, 6) is 0.208. The molecule has 1 atom stereocenters. The molecule has 1 saturated heterocycles. The molecule has 0 saturated carbocycles. The van der Waals surface area contributed by atoms with E-state index in [9.17, 15) is 9.59 Å². The highest BCUT2D eigenvalue weighted by atomic mass is 79.9. The predicted molar refractivity (Wildman–Crippen MR) is 131 cm³/mol. The number of amides is 2. The van der Waals surface area contributed by atoms with Crippen LogP contribution in [0.25, 0.3) is 6.08 Å². The van der Waals surface area contributed by atoms with Crippen molar-refractivity contribution in [2.75, 3.05) is 23.5 Å². The molecule has 4 rings (SSSR count). The van der Waals surface area contributed by atoms with Gasteiger partial charge in [0.15, 0.2) is 0 Å². The van der Waals surface area contributed by atoms with E-state index in [4.69, 9.17) is 4.74 Å². The number of rotatable bonds is 5. The molecule has 162 valence electrons. The summed E-state index contributed by atoms with van der Waals surface area (Å²) in [6, 6.07) is 23.7. The van der Waals surface area contributed by atoms with E-state index in [2.05, 4.69) is 15.9 Å². The minimum atomic E-state index is -0.775. The van der Waals surface area contributed by atoms with Crippen molar-refractivity contribution < 1.29 is 14.3 Å². The average molecular weight is 491 g/mol. The highest BCUT2D eigenvalue weighted by molar-refractivity contribution is 9.10. The molecule has 6 heteroatoms. The van der Waals surface area contributed by atoms with E-state index < -0.39 is 6.04 Å². The van der Waals surface area contributed by atoms with E-state index in [1.807, 2.05) is 79.7 Å². The first-order valence-electron chi connectivity index (χ1n) is 10.2. The Morgan fingerprint density at radius 2 is 1.62 bits per heavy atom. The molecule has 5 nitrogen and oxygen atoms in total. The Labute approximate surface area is 196 Å². The number of hydrogen-bond donors (Lipinski definition) is 0. The lowest BCUT2D eigenvalue weighted by molar-refractivity contribution is -0.127. The molecule has 0 unspecified atom stereocenters. The zero-order valence-electron chi connectivity index (χ0n) is 17.9. The number of anilines is 2. The lowest BCUT2D eigenvalue weighted by Gasteiger charge is -2.41. The van der Waals surface area contributed by atoms with Crippen LogP contribution in [0.2, 0.25) is 0 Å². The van der Waals surface area contributed by atoms with Crippen molar-refractivity contribution in [1.29, 1.82) is 0 Å². The maximum absolute atomic E-state index is 13.8. The second-order valence-electron chi connectivity index (χ2n) is 7.54. The van der Waals surface area contributed by atoms with Gasteiger partial charge in [0.25, 0.3) is 5.91 Å². The van der Waals surface area contributed by atoms with Crippen LogP contribution in [0.4, 0.5) is 11.4 Å². The molecule has 2 amide bonds.